The molecule has 1 aromatic heterocycles. The van der Waals surface area contributed by atoms with Crippen LogP contribution in [0.1, 0.15) is 6.92 Å². The zero-order valence-corrected chi connectivity index (χ0v) is 20.9. The van der Waals surface area contributed by atoms with Crippen LogP contribution in [0.15, 0.2) is 72.9 Å². The Morgan fingerprint density at radius 1 is 0.974 bits per heavy atom. The number of benzene rings is 3. The van der Waals surface area contributed by atoms with Crippen LogP contribution in [0.4, 0.5) is 38.0 Å². The van der Waals surface area contributed by atoms with Gasteiger partial charge in [0.1, 0.15) is 13.2 Å². The number of halogens is 1. The van der Waals surface area contributed by atoms with E-state index in [1.54, 1.807) is 32.2 Å². The molecule has 38 heavy (non-hydrogen) atoms. The normalized spacial score (nSPS) is 12.0. The van der Waals surface area contributed by atoms with E-state index in [-0.39, 0.29) is 11.8 Å². The maximum absolute atomic E-state index is 14.5. The third kappa shape index (κ3) is 5.59. The lowest BCUT2D eigenvalue weighted by molar-refractivity contribution is 0.161. The molecule has 4 aromatic rings. The summed E-state index contributed by atoms with van der Waals surface area (Å²) in [5.74, 6) is 0.907. The number of carbonyl (C=O) groups excluding carboxylic acids is 1. The van der Waals surface area contributed by atoms with Crippen LogP contribution in [0, 0.1) is 5.82 Å². The van der Waals surface area contributed by atoms with Crippen molar-refractivity contribution in [2.24, 2.45) is 0 Å². The fraction of sp³-hybridized carbons (Fsp3) is 0.179. The highest BCUT2D eigenvalue weighted by Crippen LogP contribution is 2.34. The quantitative estimate of drug-likeness (QED) is 0.303. The Labute approximate surface area is 219 Å². The number of hydrogen-bond acceptors (Lipinski definition) is 8. The van der Waals surface area contributed by atoms with Gasteiger partial charge in [0.15, 0.2) is 23.1 Å². The summed E-state index contributed by atoms with van der Waals surface area (Å²) in [5.41, 5.74) is 3.95. The van der Waals surface area contributed by atoms with Crippen molar-refractivity contribution in [2.75, 3.05) is 42.4 Å². The molecule has 5 rings (SSSR count). The van der Waals surface area contributed by atoms with E-state index in [4.69, 9.17) is 14.2 Å². The van der Waals surface area contributed by atoms with E-state index in [0.29, 0.717) is 37.0 Å². The Kier molecular flexibility index (Phi) is 7.21. The Hall–Kier alpha value is -4.86. The summed E-state index contributed by atoms with van der Waals surface area (Å²) in [6.45, 7) is 3.04. The number of fused-ring (bicyclic) bond motifs is 1. The van der Waals surface area contributed by atoms with Crippen molar-refractivity contribution in [3.8, 4) is 22.6 Å². The van der Waals surface area contributed by atoms with Crippen LogP contribution in [-0.2, 0) is 4.74 Å². The number of hydrogen-bond donors (Lipinski definition) is 2. The maximum atomic E-state index is 14.5. The highest BCUT2D eigenvalue weighted by Gasteiger charge is 2.15. The van der Waals surface area contributed by atoms with Gasteiger partial charge in [0.05, 0.1) is 12.8 Å². The largest absolute Gasteiger partial charge is 0.486 e. The molecule has 0 bridgehead atoms. The molecule has 9 nitrogen and oxygen atoms in total. The zero-order valence-electron chi connectivity index (χ0n) is 20.9. The summed E-state index contributed by atoms with van der Waals surface area (Å²) in [4.78, 5) is 21.9. The van der Waals surface area contributed by atoms with E-state index >= 15 is 0 Å². The molecule has 0 radical (unpaired) electrons. The van der Waals surface area contributed by atoms with E-state index in [9.17, 15) is 9.18 Å². The van der Waals surface area contributed by atoms with Crippen LogP contribution >= 0.6 is 0 Å². The predicted octanol–water partition coefficient (Wildman–Crippen LogP) is 6.13. The minimum atomic E-state index is -0.589. The first-order valence-electron chi connectivity index (χ1n) is 12.1. The van der Waals surface area contributed by atoms with Crippen molar-refractivity contribution < 1.29 is 23.4 Å². The van der Waals surface area contributed by atoms with Gasteiger partial charge >= 0.3 is 6.09 Å². The van der Waals surface area contributed by atoms with E-state index in [2.05, 4.69) is 20.6 Å². The average Bonchev–Trinajstić information content (AvgIpc) is 2.95. The molecule has 0 spiro atoms. The van der Waals surface area contributed by atoms with Gasteiger partial charge < -0.3 is 24.8 Å². The molecule has 2 heterocycles. The van der Waals surface area contributed by atoms with Crippen LogP contribution in [0.2, 0.25) is 0 Å². The molecule has 0 aliphatic carbocycles. The molecule has 0 fully saturated rings. The summed E-state index contributed by atoms with van der Waals surface area (Å²) >= 11 is 0. The number of carbonyl (C=O) groups is 1. The van der Waals surface area contributed by atoms with Gasteiger partial charge in [0.25, 0.3) is 0 Å². The molecule has 1 amide bonds. The van der Waals surface area contributed by atoms with Crippen molar-refractivity contribution in [1.29, 1.82) is 0 Å². The highest BCUT2D eigenvalue weighted by molar-refractivity contribution is 5.88. The topological polar surface area (TPSA) is 97.8 Å². The van der Waals surface area contributed by atoms with Crippen LogP contribution < -0.4 is 25.0 Å². The van der Waals surface area contributed by atoms with Gasteiger partial charge in [-0.3, -0.25) is 4.90 Å². The van der Waals surface area contributed by atoms with Crippen LogP contribution in [0.5, 0.6) is 11.5 Å². The lowest BCUT2D eigenvalue weighted by Gasteiger charge is -2.19. The Morgan fingerprint density at radius 3 is 2.53 bits per heavy atom. The van der Waals surface area contributed by atoms with Crippen molar-refractivity contribution in [3.63, 3.8) is 0 Å². The minimum Gasteiger partial charge on any atom is -0.486 e. The third-order valence-corrected chi connectivity index (χ3v) is 5.80. The monoisotopic (exact) mass is 515 g/mol. The maximum Gasteiger partial charge on any atom is 0.413 e. The molecule has 2 N–H and O–H groups in total. The SMILES string of the molecule is CCOC(=O)N(C)c1cccc(-c2ccc(Nc3ncc(F)c(Nc4ccc5c(c4)OCCO5)n3)cc2)c1. The number of aromatic nitrogens is 2. The molecule has 0 atom stereocenters. The van der Waals surface area contributed by atoms with E-state index < -0.39 is 11.9 Å². The van der Waals surface area contributed by atoms with Gasteiger partial charge in [0, 0.05) is 30.2 Å². The fourth-order valence-electron chi connectivity index (χ4n) is 3.87. The molecule has 0 unspecified atom stereocenters. The Bertz CT molecular complexity index is 1450. The number of anilines is 5. The number of nitrogens with one attached hydrogen (secondary N) is 2. The zero-order chi connectivity index (χ0) is 26.5. The molecular weight excluding hydrogens is 489 g/mol. The second-order valence-corrected chi connectivity index (χ2v) is 8.38. The van der Waals surface area contributed by atoms with E-state index in [0.717, 1.165) is 28.7 Å². The second kappa shape index (κ2) is 11.0. The van der Waals surface area contributed by atoms with Crippen LogP contribution in [0.3, 0.4) is 0 Å². The first-order chi connectivity index (χ1) is 18.5. The Balaban J connectivity index is 1.29. The first kappa shape index (κ1) is 24.8. The number of nitrogens with zero attached hydrogens (tertiary/aromatic N) is 3. The summed E-state index contributed by atoms with van der Waals surface area (Å²) in [6.07, 6.45) is 0.696. The van der Waals surface area contributed by atoms with Crippen LogP contribution in [-0.4, -0.2) is 42.9 Å². The van der Waals surface area contributed by atoms with E-state index in [1.165, 1.54) is 4.90 Å². The molecule has 10 heteroatoms. The summed E-state index contributed by atoms with van der Waals surface area (Å²) in [6, 6.07) is 20.5. The fourth-order valence-corrected chi connectivity index (χ4v) is 3.87. The van der Waals surface area contributed by atoms with Gasteiger partial charge in [-0.25, -0.2) is 14.2 Å². The predicted molar refractivity (Wildman–Crippen MR) is 143 cm³/mol. The van der Waals surface area contributed by atoms with Crippen molar-refractivity contribution in [1.82, 2.24) is 9.97 Å². The summed E-state index contributed by atoms with van der Waals surface area (Å²) < 4.78 is 30.6. The summed E-state index contributed by atoms with van der Waals surface area (Å²) in [5, 5.41) is 6.07. The van der Waals surface area contributed by atoms with Gasteiger partial charge in [-0.2, -0.15) is 4.98 Å². The van der Waals surface area contributed by atoms with Gasteiger partial charge in [-0.1, -0.05) is 24.3 Å². The van der Waals surface area contributed by atoms with Gasteiger partial charge in [-0.05, 0) is 54.4 Å². The molecule has 1 aliphatic rings. The Morgan fingerprint density at radius 2 is 1.74 bits per heavy atom. The number of amides is 1. The highest BCUT2D eigenvalue weighted by atomic mass is 19.1. The minimum absolute atomic E-state index is 0.0262. The number of ether oxygens (including phenoxy) is 3. The number of rotatable bonds is 7. The lowest BCUT2D eigenvalue weighted by Crippen LogP contribution is -2.26. The molecule has 3 aromatic carbocycles. The molecular formula is C28H26FN5O4. The molecule has 194 valence electrons. The molecule has 0 saturated heterocycles. The smallest absolute Gasteiger partial charge is 0.413 e. The molecule has 0 saturated carbocycles. The van der Waals surface area contributed by atoms with Crippen LogP contribution in [0.25, 0.3) is 11.1 Å². The average molecular weight is 516 g/mol. The third-order valence-electron chi connectivity index (χ3n) is 5.80. The first-order valence-corrected chi connectivity index (χ1v) is 12.1. The van der Waals surface area contributed by atoms with Gasteiger partial charge in [0.2, 0.25) is 5.95 Å². The second-order valence-electron chi connectivity index (χ2n) is 8.38. The van der Waals surface area contributed by atoms with Crippen molar-refractivity contribution >= 4 is 34.9 Å². The van der Waals surface area contributed by atoms with Gasteiger partial charge in [-0.15, -0.1) is 0 Å². The summed E-state index contributed by atoms with van der Waals surface area (Å²) in [7, 11) is 1.67. The molecule has 1 aliphatic heterocycles. The standard InChI is InChI=1S/C28H26FN5O4/c1-3-36-28(35)34(2)22-6-4-5-19(15-22)18-7-9-20(10-8-18)32-27-30-17-23(29)26(33-27)31-21-11-12-24-25(16-21)38-14-13-37-24/h4-12,15-17H,3,13-14H2,1-2H3,(H2,30,31,32,33). The lowest BCUT2D eigenvalue weighted by atomic mass is 10.0. The van der Waals surface area contributed by atoms with Crippen molar-refractivity contribution in [3.05, 3.63) is 78.7 Å². The van der Waals surface area contributed by atoms with E-state index in [1.807, 2.05) is 48.5 Å². The van der Waals surface area contributed by atoms with Crippen molar-refractivity contribution in [2.45, 2.75) is 6.92 Å².